The second-order valence-electron chi connectivity index (χ2n) is 43.9. The number of aliphatic carboxylic acids is 1. The van der Waals surface area contributed by atoms with E-state index in [2.05, 4.69) is 203 Å². The minimum Gasteiger partial charge on any atom is -0.481 e. The first-order chi connectivity index (χ1) is 62.2. The van der Waals surface area contributed by atoms with Crippen molar-refractivity contribution < 1.29 is 65.6 Å². The van der Waals surface area contributed by atoms with Gasteiger partial charge in [0, 0.05) is 76.2 Å². The second-order valence-corrected chi connectivity index (χ2v) is 47.3. The van der Waals surface area contributed by atoms with Crippen LogP contribution in [0.1, 0.15) is 384 Å². The molecule has 4 aliphatic carbocycles. The number of phosphoric acid groups is 1. The van der Waals surface area contributed by atoms with Crippen molar-refractivity contribution in [1.82, 2.24) is 26.6 Å². The number of carboxylic acid groups (broad SMARTS) is 1. The lowest BCUT2D eigenvalue weighted by molar-refractivity contribution is -0.146. The molecule has 0 radical (unpaired) electrons. The average Bonchev–Trinajstić information content (AvgIpc) is 0.751. The zero-order chi connectivity index (χ0) is 97.9. The lowest BCUT2D eigenvalue weighted by Crippen LogP contribution is -2.45. The third kappa shape index (κ3) is 51.7. The van der Waals surface area contributed by atoms with Gasteiger partial charge in [0.25, 0.3) is 0 Å². The molecule has 5 aromatic rings. The summed E-state index contributed by atoms with van der Waals surface area (Å²) in [6, 6.07) is 41.6. The maximum Gasteiger partial charge on any atom is 0.472 e. The van der Waals surface area contributed by atoms with Crippen LogP contribution in [0.3, 0.4) is 0 Å². The largest absolute Gasteiger partial charge is 0.481 e. The van der Waals surface area contributed by atoms with Gasteiger partial charge in [0.2, 0.25) is 29.5 Å². The van der Waals surface area contributed by atoms with Gasteiger partial charge in [0.1, 0.15) is 11.5 Å². The van der Waals surface area contributed by atoms with E-state index >= 15 is 0 Å². The van der Waals surface area contributed by atoms with Gasteiger partial charge in [-0.3, -0.25) is 42.6 Å². The first-order valence-corrected chi connectivity index (χ1v) is 54.0. The Bertz CT molecular complexity index is 4230. The number of fused-ring (bicyclic) bond motifs is 4. The fourth-order valence-corrected chi connectivity index (χ4v) is 20.0. The molecule has 9 rings (SSSR count). The quantitative estimate of drug-likeness (QED) is 0.0141. The number of phosphoric ester groups is 1. The molecule has 4 aliphatic rings. The number of unbranched alkanes of at least 4 members (excludes halogenated alkanes) is 15. The van der Waals surface area contributed by atoms with Gasteiger partial charge in [-0.05, 0) is 207 Å². The third-order valence-corrected chi connectivity index (χ3v) is 28.8. The van der Waals surface area contributed by atoms with E-state index in [1.807, 2.05) is 57.2 Å². The molecule has 0 spiro atoms. The summed E-state index contributed by atoms with van der Waals surface area (Å²) < 4.78 is 48.3. The van der Waals surface area contributed by atoms with Crippen LogP contribution in [0, 0.1) is 63.6 Å². The number of amides is 5. The molecule has 0 saturated heterocycles. The molecular formula is C111H180N5O14PS. The Balaban J connectivity index is 0.000000350. The molecule has 0 aliphatic heterocycles. The fraction of sp³-hybridized carbons (Fsp3) is 0.685. The van der Waals surface area contributed by atoms with E-state index in [1.54, 1.807) is 12.1 Å². The van der Waals surface area contributed by atoms with Crippen molar-refractivity contribution in [2.24, 2.45) is 56.7 Å². The standard InChI is InChI=1S/C29H42NO5P.C21H27NO4S.C21H33NO3.C20H37NO.C20H41NO/c1-28(2,3)21-22-30-27(31)16-10-11-23-34-36(32,33)35-26-17-19-29(20-18-26,24-12-6-4-7-13-24)25-14-8-5-9-15-25;1-21(2,3)12-13-22-20(24)11-9-18(23)15-27(25,26)19-10-8-16-6-4-5-7-17(16)14-19;1-16-10-12-17(13-11-16)14-15-22-19(23)9-7-5-6-8-18(20(24)25)21(2,3)4;1-5-6-7-8-15-13-17-10-9-16(15)14-18(17)19(22)21-12-11-20(2,3)4;1-5-6-7-8-9-10-11-12-13-14-15-16-19(22)21-18-17-20(2,3)4/h4-9,12-15,26H,10-11,16-23H2,1-3H3,(H,30,31)(H,32,33);4-8,10,14H,9,11-13,15H2,1-3H3,(H,22,24);10-13,18H,5-9,14-15H2,1-4H3,(H,22,23)(H,24,25);15-18H,5-14H2,1-4H3,(H,21,22);5-18H2,1-4H3,(H,21,22). The van der Waals surface area contributed by atoms with Gasteiger partial charge >= 0.3 is 13.8 Å². The number of carbonyl (C=O) groups is 7. The number of ketones is 1. The molecule has 132 heavy (non-hydrogen) atoms. The van der Waals surface area contributed by atoms with E-state index in [1.165, 1.54) is 144 Å². The summed E-state index contributed by atoms with van der Waals surface area (Å²) in [5.41, 5.74) is 5.57. The molecule has 5 amide bonds. The van der Waals surface area contributed by atoms with Gasteiger partial charge in [-0.2, -0.15) is 0 Å². The van der Waals surface area contributed by atoms with E-state index in [0.717, 1.165) is 106 Å². The van der Waals surface area contributed by atoms with Crippen molar-refractivity contribution in [2.75, 3.05) is 45.1 Å². The topological polar surface area (TPSA) is 290 Å². The highest BCUT2D eigenvalue weighted by atomic mass is 32.2. The highest BCUT2D eigenvalue weighted by Gasteiger charge is 2.45. The normalized spacial score (nSPS) is 16.9. The second kappa shape index (κ2) is 61.2. The third-order valence-electron chi connectivity index (χ3n) is 26.0. The van der Waals surface area contributed by atoms with Gasteiger partial charge in [0.05, 0.1) is 23.5 Å². The fourth-order valence-electron chi connectivity index (χ4n) is 17.7. The van der Waals surface area contributed by atoms with E-state index in [0.29, 0.717) is 99.6 Å². The molecule has 4 saturated carbocycles. The summed E-state index contributed by atoms with van der Waals surface area (Å²) in [4.78, 5) is 93.6. The molecule has 19 nitrogen and oxygen atoms in total. The van der Waals surface area contributed by atoms with Gasteiger partial charge in [-0.15, -0.1) is 0 Å². The minimum absolute atomic E-state index is 0.00482. The van der Waals surface area contributed by atoms with E-state index in [-0.39, 0.29) is 81.7 Å². The average molecular weight is 1870 g/mol. The van der Waals surface area contributed by atoms with Gasteiger partial charge < -0.3 is 36.6 Å². The molecule has 6 unspecified atom stereocenters. The van der Waals surface area contributed by atoms with Crippen LogP contribution in [0.5, 0.6) is 0 Å². The van der Waals surface area contributed by atoms with E-state index < -0.39 is 35.2 Å². The zero-order valence-corrected chi connectivity index (χ0v) is 87.0. The summed E-state index contributed by atoms with van der Waals surface area (Å²) in [7, 11) is -7.86. The molecular weight excluding hydrogens is 1690 g/mol. The Hall–Kier alpha value is -7.09. The summed E-state index contributed by atoms with van der Waals surface area (Å²) in [6.45, 7) is 42.2. The summed E-state index contributed by atoms with van der Waals surface area (Å²) in [5, 5.41) is 25.9. The van der Waals surface area contributed by atoms with Crippen LogP contribution in [0.15, 0.2) is 132 Å². The molecule has 5 aromatic carbocycles. The summed E-state index contributed by atoms with van der Waals surface area (Å²) in [6.07, 6.45) is 38.7. The van der Waals surface area contributed by atoms with Crippen molar-refractivity contribution in [1.29, 1.82) is 0 Å². The number of hydrogen-bond acceptors (Lipinski definition) is 12. The number of carboxylic acids is 1. The maximum absolute atomic E-state index is 12.5. The van der Waals surface area contributed by atoms with Crippen molar-refractivity contribution in [3.05, 3.63) is 150 Å². The van der Waals surface area contributed by atoms with Gasteiger partial charge in [0.15, 0.2) is 9.84 Å². The number of benzene rings is 5. The monoisotopic (exact) mass is 1870 g/mol. The van der Waals surface area contributed by atoms with Gasteiger partial charge in [-0.25, -0.2) is 13.0 Å². The lowest BCUT2D eigenvalue weighted by atomic mass is 9.58. The van der Waals surface area contributed by atoms with E-state index in [4.69, 9.17) is 9.05 Å². The molecule has 6 atom stereocenters. The van der Waals surface area contributed by atoms with Crippen LogP contribution in [-0.2, 0) is 68.8 Å². The SMILES string of the molecule is CC(C)(C)CCNC(=O)CCC(=O)CS(=O)(=O)c1ccc2ccccc2c1.CC(C)(C)CCNC(=O)CCCCOP(=O)(O)OC1CCC(c2ccccc2)(c2ccccc2)CC1.CCCCCC1CC2CCC1CC2C(=O)NCCC(C)(C)C.CCCCCCCCCCCCCC(=O)NCCC(C)(C)C.Cc1ccc(CCNC(=O)CCCCCC(C(=O)O)C(C)(C)C)cc1. The zero-order valence-electron chi connectivity index (χ0n) is 85.3. The van der Waals surface area contributed by atoms with Crippen LogP contribution >= 0.6 is 7.82 Å². The summed E-state index contributed by atoms with van der Waals surface area (Å²) >= 11 is 0. The molecule has 21 heteroatoms. The number of rotatable bonds is 51. The van der Waals surface area contributed by atoms with Crippen molar-refractivity contribution in [3.63, 3.8) is 0 Å². The molecule has 0 heterocycles. The number of aryl methyl sites for hydroxylation is 1. The number of sulfone groups is 1. The van der Waals surface area contributed by atoms with Crippen molar-refractivity contribution in [3.8, 4) is 0 Å². The summed E-state index contributed by atoms with van der Waals surface area (Å²) in [5.74, 6) is 1.12. The van der Waals surface area contributed by atoms with Crippen LogP contribution in [-0.4, -0.2) is 111 Å². The molecule has 7 N–H and O–H groups in total. The Morgan fingerprint density at radius 3 is 1.37 bits per heavy atom. The van der Waals surface area contributed by atoms with Crippen molar-refractivity contribution in [2.45, 2.75) is 391 Å². The first kappa shape index (κ1) is 117. The predicted molar refractivity (Wildman–Crippen MR) is 544 cm³/mol. The van der Waals surface area contributed by atoms with Crippen molar-refractivity contribution >= 4 is 69.7 Å². The highest BCUT2D eigenvalue weighted by molar-refractivity contribution is 7.92. The molecule has 4 fully saturated rings. The number of carbonyl (C=O) groups excluding carboxylic acids is 6. The highest BCUT2D eigenvalue weighted by Crippen LogP contribution is 2.52. The maximum atomic E-state index is 12.5. The van der Waals surface area contributed by atoms with Crippen LogP contribution in [0.4, 0.5) is 0 Å². The Kier molecular flexibility index (Phi) is 54.3. The Labute approximate surface area is 799 Å². The van der Waals surface area contributed by atoms with Gasteiger partial charge in [-0.1, -0.05) is 341 Å². The van der Waals surface area contributed by atoms with Crippen LogP contribution < -0.4 is 26.6 Å². The minimum atomic E-state index is -4.15. The smallest absolute Gasteiger partial charge is 0.472 e. The van der Waals surface area contributed by atoms with Crippen LogP contribution in [0.25, 0.3) is 10.8 Å². The molecule has 2 bridgehead atoms. The number of Topliss-reactive ketones (excluding diaryl/α,β-unsaturated/α-hetero) is 1. The number of nitrogens with one attached hydrogen (secondary N) is 5. The molecule has 0 aromatic heterocycles. The molecule has 744 valence electrons. The Morgan fingerprint density at radius 1 is 0.470 bits per heavy atom. The van der Waals surface area contributed by atoms with E-state index in [9.17, 15) is 56.5 Å². The number of hydrogen-bond donors (Lipinski definition) is 7. The lowest BCUT2D eigenvalue weighted by Gasteiger charge is -2.47. The first-order valence-electron chi connectivity index (χ1n) is 50.9. The predicted octanol–water partition coefficient (Wildman–Crippen LogP) is 26.0. The Morgan fingerprint density at radius 2 is 0.902 bits per heavy atom. The van der Waals surface area contributed by atoms with Crippen LogP contribution in [0.2, 0.25) is 0 Å².